The summed E-state index contributed by atoms with van der Waals surface area (Å²) < 4.78 is 10.4. The molecule has 0 aliphatic heterocycles. The number of esters is 2. The van der Waals surface area contributed by atoms with Gasteiger partial charge in [0.05, 0.1) is 13.2 Å². The average Bonchev–Trinajstić information content (AvgIpc) is 2.66. The lowest BCUT2D eigenvalue weighted by Gasteiger charge is -2.07. The maximum atomic E-state index is 11.8. The Labute approximate surface area is 178 Å². The topological polar surface area (TPSA) is 52.6 Å². The second-order valence-electron chi connectivity index (χ2n) is 6.90. The zero-order valence-corrected chi connectivity index (χ0v) is 18.3. The summed E-state index contributed by atoms with van der Waals surface area (Å²) in [5, 5.41) is 1.19. The summed E-state index contributed by atoms with van der Waals surface area (Å²) in [6, 6.07) is 5.32. The van der Waals surface area contributed by atoms with Crippen molar-refractivity contribution in [2.75, 3.05) is 13.2 Å². The molecule has 1 aromatic carbocycles. The molecule has 1 aromatic rings. The zero-order chi connectivity index (χ0) is 20.6. The second kappa shape index (κ2) is 15.6. The van der Waals surface area contributed by atoms with Crippen LogP contribution in [0.3, 0.4) is 0 Å². The summed E-state index contributed by atoms with van der Waals surface area (Å²) in [4.78, 5) is 23.2. The van der Waals surface area contributed by atoms with Crippen molar-refractivity contribution in [1.82, 2.24) is 0 Å². The monoisotopic (exact) mass is 430 g/mol. The number of hydrogen-bond acceptors (Lipinski definition) is 4. The van der Waals surface area contributed by atoms with Gasteiger partial charge in [0.1, 0.15) is 0 Å². The van der Waals surface area contributed by atoms with E-state index in [2.05, 4.69) is 6.92 Å². The highest BCUT2D eigenvalue weighted by Gasteiger charge is 2.06. The summed E-state index contributed by atoms with van der Waals surface area (Å²) in [6.45, 7) is 2.94. The van der Waals surface area contributed by atoms with E-state index in [0.29, 0.717) is 42.5 Å². The molecule has 6 heteroatoms. The number of ether oxygens (including phenoxy) is 2. The largest absolute Gasteiger partial charge is 0.466 e. The lowest BCUT2D eigenvalue weighted by molar-refractivity contribution is -0.144. The molecule has 0 aliphatic carbocycles. The van der Waals surface area contributed by atoms with Gasteiger partial charge >= 0.3 is 11.9 Å². The third-order valence-corrected chi connectivity index (χ3v) is 5.01. The van der Waals surface area contributed by atoms with Crippen molar-refractivity contribution in [1.29, 1.82) is 0 Å². The van der Waals surface area contributed by atoms with Crippen LogP contribution >= 0.6 is 23.2 Å². The predicted octanol–water partition coefficient (Wildman–Crippen LogP) is 6.54. The molecule has 28 heavy (non-hydrogen) atoms. The standard InChI is InChI=1S/C22H32Cl2O4/c1-2-3-15-27-21(25)10-8-6-4-5-7-9-11-22(26)28-16-14-18-12-13-19(23)17-20(18)24/h12-13,17H,2-11,14-16H2,1H3. The molecule has 1 rings (SSSR count). The molecule has 0 radical (unpaired) electrons. The molecule has 158 valence electrons. The lowest BCUT2D eigenvalue weighted by atomic mass is 10.1. The number of halogens is 2. The molecule has 0 aromatic heterocycles. The van der Waals surface area contributed by atoms with E-state index in [1.54, 1.807) is 12.1 Å². The van der Waals surface area contributed by atoms with Gasteiger partial charge in [0.25, 0.3) is 0 Å². The van der Waals surface area contributed by atoms with E-state index in [-0.39, 0.29) is 11.9 Å². The van der Waals surface area contributed by atoms with Gasteiger partial charge in [-0.1, -0.05) is 68.3 Å². The van der Waals surface area contributed by atoms with Gasteiger partial charge in [-0.3, -0.25) is 9.59 Å². The van der Waals surface area contributed by atoms with Gasteiger partial charge in [0.2, 0.25) is 0 Å². The number of carbonyl (C=O) groups is 2. The van der Waals surface area contributed by atoms with Gasteiger partial charge < -0.3 is 9.47 Å². The average molecular weight is 431 g/mol. The van der Waals surface area contributed by atoms with Crippen LogP contribution in [0.1, 0.15) is 76.7 Å². The van der Waals surface area contributed by atoms with Crippen molar-refractivity contribution in [3.63, 3.8) is 0 Å². The van der Waals surface area contributed by atoms with Crippen molar-refractivity contribution in [3.05, 3.63) is 33.8 Å². The van der Waals surface area contributed by atoms with Crippen molar-refractivity contribution in [2.45, 2.75) is 77.6 Å². The highest BCUT2D eigenvalue weighted by Crippen LogP contribution is 2.21. The first-order chi connectivity index (χ1) is 13.5. The Hall–Kier alpha value is -1.26. The van der Waals surface area contributed by atoms with Gasteiger partial charge in [-0.05, 0) is 37.0 Å². The summed E-state index contributed by atoms with van der Waals surface area (Å²) >= 11 is 12.0. The van der Waals surface area contributed by atoms with Gasteiger partial charge in [0, 0.05) is 29.3 Å². The van der Waals surface area contributed by atoms with Gasteiger partial charge in [-0.15, -0.1) is 0 Å². The first kappa shape index (κ1) is 24.8. The molecule has 0 atom stereocenters. The number of rotatable bonds is 15. The van der Waals surface area contributed by atoms with E-state index in [0.717, 1.165) is 56.9 Å². The highest BCUT2D eigenvalue weighted by atomic mass is 35.5. The molecular weight excluding hydrogens is 399 g/mol. The fourth-order valence-electron chi connectivity index (χ4n) is 2.72. The van der Waals surface area contributed by atoms with Crippen LogP contribution in [0.4, 0.5) is 0 Å². The Morgan fingerprint density at radius 2 is 1.39 bits per heavy atom. The van der Waals surface area contributed by atoms with Crippen LogP contribution in [0.25, 0.3) is 0 Å². The maximum Gasteiger partial charge on any atom is 0.305 e. The Morgan fingerprint density at radius 1 is 0.821 bits per heavy atom. The van der Waals surface area contributed by atoms with Crippen LogP contribution in [0.15, 0.2) is 18.2 Å². The summed E-state index contributed by atoms with van der Waals surface area (Å²) in [5.41, 5.74) is 0.924. The van der Waals surface area contributed by atoms with Crippen molar-refractivity contribution in [2.24, 2.45) is 0 Å². The Bertz CT molecular complexity index is 590. The zero-order valence-electron chi connectivity index (χ0n) is 16.8. The maximum absolute atomic E-state index is 11.8. The fourth-order valence-corrected chi connectivity index (χ4v) is 3.22. The quantitative estimate of drug-likeness (QED) is 0.234. The number of benzene rings is 1. The molecule has 0 heterocycles. The molecule has 0 amide bonds. The lowest BCUT2D eigenvalue weighted by Crippen LogP contribution is -2.07. The van der Waals surface area contributed by atoms with E-state index in [1.165, 1.54) is 0 Å². The van der Waals surface area contributed by atoms with Crippen LogP contribution < -0.4 is 0 Å². The third-order valence-electron chi connectivity index (χ3n) is 4.42. The first-order valence-electron chi connectivity index (χ1n) is 10.3. The molecule has 0 saturated heterocycles. The predicted molar refractivity (Wildman–Crippen MR) is 114 cm³/mol. The van der Waals surface area contributed by atoms with Crippen LogP contribution in [-0.2, 0) is 25.5 Å². The Kier molecular flexibility index (Phi) is 13.8. The SMILES string of the molecule is CCCCOC(=O)CCCCCCCCC(=O)OCCc1ccc(Cl)cc1Cl. The van der Waals surface area contributed by atoms with Crippen molar-refractivity contribution in [3.8, 4) is 0 Å². The number of unbranched alkanes of at least 4 members (excludes halogenated alkanes) is 6. The van der Waals surface area contributed by atoms with E-state index >= 15 is 0 Å². The van der Waals surface area contributed by atoms with Gasteiger partial charge in [-0.25, -0.2) is 0 Å². The number of hydrogen-bond donors (Lipinski definition) is 0. The van der Waals surface area contributed by atoms with E-state index in [1.807, 2.05) is 6.07 Å². The summed E-state index contributed by atoms with van der Waals surface area (Å²) in [7, 11) is 0. The molecule has 0 unspecified atom stereocenters. The smallest absolute Gasteiger partial charge is 0.305 e. The molecule has 0 bridgehead atoms. The molecular formula is C22H32Cl2O4. The normalized spacial score (nSPS) is 10.7. The first-order valence-corrected chi connectivity index (χ1v) is 11.0. The van der Waals surface area contributed by atoms with Gasteiger partial charge in [0.15, 0.2) is 0 Å². The van der Waals surface area contributed by atoms with Gasteiger partial charge in [-0.2, -0.15) is 0 Å². The molecule has 0 N–H and O–H groups in total. The Balaban J connectivity index is 1.94. The fraction of sp³-hybridized carbons (Fsp3) is 0.636. The van der Waals surface area contributed by atoms with E-state index in [9.17, 15) is 9.59 Å². The molecule has 0 spiro atoms. The molecule has 4 nitrogen and oxygen atoms in total. The molecule has 0 fully saturated rings. The third kappa shape index (κ3) is 12.2. The van der Waals surface area contributed by atoms with E-state index < -0.39 is 0 Å². The second-order valence-corrected chi connectivity index (χ2v) is 7.75. The summed E-state index contributed by atoms with van der Waals surface area (Å²) in [6.07, 6.45) is 9.38. The Morgan fingerprint density at radius 3 is 1.96 bits per heavy atom. The number of carbonyl (C=O) groups excluding carboxylic acids is 2. The van der Waals surface area contributed by atoms with Crippen molar-refractivity contribution >= 4 is 35.1 Å². The van der Waals surface area contributed by atoms with Crippen molar-refractivity contribution < 1.29 is 19.1 Å². The van der Waals surface area contributed by atoms with Crippen LogP contribution in [0.2, 0.25) is 10.0 Å². The van der Waals surface area contributed by atoms with Crippen LogP contribution in [-0.4, -0.2) is 25.2 Å². The minimum absolute atomic E-state index is 0.0870. The summed E-state index contributed by atoms with van der Waals surface area (Å²) in [5.74, 6) is -0.254. The highest BCUT2D eigenvalue weighted by molar-refractivity contribution is 6.35. The molecule has 0 aliphatic rings. The van der Waals surface area contributed by atoms with E-state index in [4.69, 9.17) is 32.7 Å². The van der Waals surface area contributed by atoms with Crippen LogP contribution in [0.5, 0.6) is 0 Å². The minimum Gasteiger partial charge on any atom is -0.466 e. The van der Waals surface area contributed by atoms with Crippen LogP contribution in [0, 0.1) is 0 Å². The minimum atomic E-state index is -0.167. The molecule has 0 saturated carbocycles.